The number of nitrogens with one attached hydrogen (secondary N) is 1. The van der Waals surface area contributed by atoms with E-state index in [0.29, 0.717) is 10.7 Å². The topological polar surface area (TPSA) is 49.7 Å². The molecule has 2 heterocycles. The van der Waals surface area contributed by atoms with Crippen molar-refractivity contribution in [2.75, 3.05) is 19.0 Å². The quantitative estimate of drug-likeness (QED) is 0.877. The van der Waals surface area contributed by atoms with E-state index < -0.39 is 0 Å². The van der Waals surface area contributed by atoms with Crippen LogP contribution in [0.2, 0.25) is 0 Å². The van der Waals surface area contributed by atoms with Gasteiger partial charge in [0.2, 0.25) is 0 Å². The Balaban J connectivity index is 2.40. The van der Waals surface area contributed by atoms with Crippen LogP contribution in [-0.4, -0.2) is 33.8 Å². The van der Waals surface area contributed by atoms with Crippen molar-refractivity contribution in [2.24, 2.45) is 5.92 Å². The van der Waals surface area contributed by atoms with E-state index in [4.69, 9.17) is 12.2 Å². The maximum Gasteiger partial charge on any atom is 0.195 e. The molecule has 0 spiro atoms. The number of hydrogen-bond acceptors (Lipinski definition) is 5. The van der Waals surface area contributed by atoms with Crippen LogP contribution in [0, 0.1) is 10.7 Å². The minimum absolute atomic E-state index is 0.514. The second-order valence-electron chi connectivity index (χ2n) is 4.77. The molecular weight excluding hydrogens is 266 g/mol. The van der Waals surface area contributed by atoms with E-state index in [0.717, 1.165) is 23.2 Å². The van der Waals surface area contributed by atoms with Crippen LogP contribution in [0.4, 0.5) is 5.13 Å². The van der Waals surface area contributed by atoms with E-state index in [9.17, 15) is 0 Å². The number of anilines is 1. The van der Waals surface area contributed by atoms with Crippen molar-refractivity contribution in [1.29, 1.82) is 0 Å². The molecular formula is C11H17N5S2. The zero-order chi connectivity index (χ0) is 13.3. The van der Waals surface area contributed by atoms with E-state index >= 15 is 0 Å². The minimum Gasteiger partial charge on any atom is -0.354 e. The first-order valence-electron chi connectivity index (χ1n) is 5.77. The van der Waals surface area contributed by atoms with Gasteiger partial charge >= 0.3 is 0 Å². The van der Waals surface area contributed by atoms with Gasteiger partial charge in [0.15, 0.2) is 15.7 Å². The molecule has 0 fully saturated rings. The highest BCUT2D eigenvalue weighted by molar-refractivity contribution is 7.71. The molecule has 0 saturated heterocycles. The number of H-pyrrole nitrogens is 1. The molecule has 0 aliphatic carbocycles. The Bertz CT molecular complexity index is 578. The van der Waals surface area contributed by atoms with Gasteiger partial charge in [-0.05, 0) is 18.1 Å². The average Bonchev–Trinajstić information content (AvgIpc) is 2.86. The molecule has 0 unspecified atom stereocenters. The van der Waals surface area contributed by atoms with Crippen LogP contribution in [0.1, 0.15) is 13.8 Å². The third kappa shape index (κ3) is 2.62. The largest absolute Gasteiger partial charge is 0.354 e. The zero-order valence-corrected chi connectivity index (χ0v) is 12.6. The van der Waals surface area contributed by atoms with Crippen LogP contribution in [0.3, 0.4) is 0 Å². The number of rotatable bonds is 4. The molecule has 0 radical (unpaired) electrons. The van der Waals surface area contributed by atoms with Gasteiger partial charge in [-0.2, -0.15) is 5.10 Å². The van der Waals surface area contributed by atoms with Gasteiger partial charge in [0, 0.05) is 26.0 Å². The van der Waals surface area contributed by atoms with Gasteiger partial charge in [0.05, 0.1) is 0 Å². The maximum absolute atomic E-state index is 5.26. The second-order valence-corrected chi connectivity index (χ2v) is 5.99. The van der Waals surface area contributed by atoms with Gasteiger partial charge < -0.3 is 4.90 Å². The smallest absolute Gasteiger partial charge is 0.195 e. The summed E-state index contributed by atoms with van der Waals surface area (Å²) in [7, 11) is 3.96. The Morgan fingerprint density at radius 3 is 2.78 bits per heavy atom. The molecule has 98 valence electrons. The fraction of sp³-hybridized carbons (Fsp3) is 0.545. The van der Waals surface area contributed by atoms with Crippen LogP contribution in [0.15, 0.2) is 5.38 Å². The number of nitrogens with zero attached hydrogens (tertiary/aromatic N) is 4. The predicted molar refractivity (Wildman–Crippen MR) is 77.7 cm³/mol. The number of aromatic amines is 1. The van der Waals surface area contributed by atoms with Crippen LogP contribution in [0.25, 0.3) is 11.5 Å². The fourth-order valence-corrected chi connectivity index (χ4v) is 2.56. The number of thiazole rings is 1. The van der Waals surface area contributed by atoms with E-state index in [1.165, 1.54) is 0 Å². The first kappa shape index (κ1) is 13.2. The molecule has 0 amide bonds. The Labute approximate surface area is 115 Å². The summed E-state index contributed by atoms with van der Waals surface area (Å²) in [6.45, 7) is 5.16. The van der Waals surface area contributed by atoms with Gasteiger partial charge in [-0.25, -0.2) is 4.98 Å². The molecule has 0 aliphatic rings. The van der Waals surface area contributed by atoms with Gasteiger partial charge in [0.25, 0.3) is 0 Å². The summed E-state index contributed by atoms with van der Waals surface area (Å²) in [4.78, 5) is 6.54. The van der Waals surface area contributed by atoms with Crippen molar-refractivity contribution in [3.05, 3.63) is 10.2 Å². The lowest BCUT2D eigenvalue weighted by Crippen LogP contribution is -2.09. The Morgan fingerprint density at radius 2 is 2.22 bits per heavy atom. The van der Waals surface area contributed by atoms with Gasteiger partial charge in [-0.15, -0.1) is 11.3 Å². The molecule has 0 aromatic carbocycles. The van der Waals surface area contributed by atoms with Gasteiger partial charge in [-0.3, -0.25) is 9.67 Å². The molecule has 2 aromatic heterocycles. The lowest BCUT2D eigenvalue weighted by Gasteiger charge is -2.08. The highest BCUT2D eigenvalue weighted by Crippen LogP contribution is 2.25. The monoisotopic (exact) mass is 283 g/mol. The highest BCUT2D eigenvalue weighted by Gasteiger charge is 2.14. The summed E-state index contributed by atoms with van der Waals surface area (Å²) < 4.78 is 2.66. The Hall–Kier alpha value is -1.21. The molecule has 0 saturated carbocycles. The third-order valence-electron chi connectivity index (χ3n) is 2.41. The molecule has 2 rings (SSSR count). The highest BCUT2D eigenvalue weighted by atomic mass is 32.1. The van der Waals surface area contributed by atoms with Gasteiger partial charge in [-0.1, -0.05) is 13.8 Å². The summed E-state index contributed by atoms with van der Waals surface area (Å²) >= 11 is 6.86. The molecule has 18 heavy (non-hydrogen) atoms. The Morgan fingerprint density at radius 1 is 1.50 bits per heavy atom. The summed E-state index contributed by atoms with van der Waals surface area (Å²) in [6, 6.07) is 0. The van der Waals surface area contributed by atoms with Crippen LogP contribution < -0.4 is 4.90 Å². The second kappa shape index (κ2) is 5.19. The lowest BCUT2D eigenvalue weighted by molar-refractivity contribution is 0.521. The van der Waals surface area contributed by atoms with Crippen molar-refractivity contribution in [3.8, 4) is 11.5 Å². The van der Waals surface area contributed by atoms with Crippen molar-refractivity contribution in [3.63, 3.8) is 0 Å². The average molecular weight is 283 g/mol. The molecule has 5 nitrogen and oxygen atoms in total. The molecule has 1 N–H and O–H groups in total. The van der Waals surface area contributed by atoms with E-state index in [2.05, 4.69) is 29.0 Å². The van der Waals surface area contributed by atoms with Crippen LogP contribution in [0.5, 0.6) is 0 Å². The SMILES string of the molecule is CC(C)Cn1c(-c2csc(N(C)C)n2)n[nH]c1=S. The van der Waals surface area contributed by atoms with Crippen molar-refractivity contribution in [1.82, 2.24) is 19.7 Å². The molecule has 7 heteroatoms. The lowest BCUT2D eigenvalue weighted by atomic mass is 10.2. The van der Waals surface area contributed by atoms with Crippen LogP contribution in [-0.2, 0) is 6.54 Å². The van der Waals surface area contributed by atoms with E-state index in [1.54, 1.807) is 11.3 Å². The zero-order valence-electron chi connectivity index (χ0n) is 11.0. The molecule has 2 aromatic rings. The van der Waals surface area contributed by atoms with E-state index in [1.807, 2.05) is 28.9 Å². The number of hydrogen-bond donors (Lipinski definition) is 1. The first-order valence-corrected chi connectivity index (χ1v) is 7.06. The first-order chi connectivity index (χ1) is 8.49. The minimum atomic E-state index is 0.514. The summed E-state index contributed by atoms with van der Waals surface area (Å²) in [5, 5.41) is 10.1. The normalized spacial score (nSPS) is 11.2. The maximum atomic E-state index is 5.26. The molecule has 0 atom stereocenters. The summed E-state index contributed by atoms with van der Waals surface area (Å²) in [5.41, 5.74) is 0.872. The Kier molecular flexibility index (Phi) is 3.82. The fourth-order valence-electron chi connectivity index (χ4n) is 1.62. The number of aromatic nitrogens is 4. The van der Waals surface area contributed by atoms with Crippen molar-refractivity contribution >= 4 is 28.7 Å². The summed E-state index contributed by atoms with van der Waals surface area (Å²) in [6.07, 6.45) is 0. The van der Waals surface area contributed by atoms with Gasteiger partial charge in [0.1, 0.15) is 5.69 Å². The standard InChI is InChI=1S/C11H17N5S2/c1-7(2)5-16-9(13-14-10(16)17)8-6-18-11(12-8)15(3)4/h6-7H,5H2,1-4H3,(H,14,17). The molecule has 0 bridgehead atoms. The third-order valence-corrected chi connectivity index (χ3v) is 3.73. The molecule has 0 aliphatic heterocycles. The van der Waals surface area contributed by atoms with Crippen molar-refractivity contribution in [2.45, 2.75) is 20.4 Å². The van der Waals surface area contributed by atoms with Crippen molar-refractivity contribution < 1.29 is 0 Å². The predicted octanol–water partition coefficient (Wildman–Crippen LogP) is 2.79. The summed E-state index contributed by atoms with van der Waals surface area (Å²) in [5.74, 6) is 1.33. The van der Waals surface area contributed by atoms with E-state index in [-0.39, 0.29) is 0 Å². The van der Waals surface area contributed by atoms with Crippen LogP contribution >= 0.6 is 23.6 Å².